The number of thioether (sulfide) groups is 1. The fourth-order valence-electron chi connectivity index (χ4n) is 3.91. The molecule has 3 aromatic carbocycles. The zero-order chi connectivity index (χ0) is 22.2. The Morgan fingerprint density at radius 2 is 1.41 bits per heavy atom. The van der Waals surface area contributed by atoms with Gasteiger partial charge in [0.1, 0.15) is 0 Å². The number of carbonyl (C=O) groups is 3. The zero-order valence-corrected chi connectivity index (χ0v) is 18.4. The van der Waals surface area contributed by atoms with Crippen LogP contribution >= 0.6 is 23.4 Å². The summed E-state index contributed by atoms with van der Waals surface area (Å²) in [6.45, 7) is 0.439. The van der Waals surface area contributed by atoms with Gasteiger partial charge in [0, 0.05) is 10.6 Å². The molecule has 5 rings (SSSR count). The SMILES string of the molecule is O=C1S/C(=C2/C(=O)N(Cc3ccccc3Cl)c3ccccc32)C(=O)N1Cc1ccccc1. The number of hydrogen-bond donors (Lipinski definition) is 0. The first-order chi connectivity index (χ1) is 15.5. The van der Waals surface area contributed by atoms with Gasteiger partial charge in [-0.25, -0.2) is 0 Å². The molecule has 0 spiro atoms. The van der Waals surface area contributed by atoms with E-state index in [4.69, 9.17) is 11.6 Å². The summed E-state index contributed by atoms with van der Waals surface area (Å²) in [6.07, 6.45) is 0. The molecule has 0 aromatic heterocycles. The summed E-state index contributed by atoms with van der Waals surface area (Å²) in [5.41, 5.74) is 3.26. The number of para-hydroxylation sites is 1. The number of fused-ring (bicyclic) bond motifs is 1. The number of rotatable bonds is 4. The van der Waals surface area contributed by atoms with E-state index >= 15 is 0 Å². The molecule has 0 aliphatic carbocycles. The maximum atomic E-state index is 13.5. The van der Waals surface area contributed by atoms with E-state index in [9.17, 15) is 14.4 Å². The van der Waals surface area contributed by atoms with Crippen LogP contribution < -0.4 is 4.90 Å². The second kappa shape index (κ2) is 8.30. The molecule has 0 radical (unpaired) electrons. The van der Waals surface area contributed by atoms with E-state index in [-0.39, 0.29) is 34.7 Å². The molecule has 0 unspecified atom stereocenters. The lowest BCUT2D eigenvalue weighted by Crippen LogP contribution is -2.29. The second-order valence-electron chi connectivity index (χ2n) is 7.45. The summed E-state index contributed by atoms with van der Waals surface area (Å²) in [7, 11) is 0. The molecule has 0 saturated carbocycles. The fraction of sp³-hybridized carbons (Fsp3) is 0.0800. The molecule has 2 aliphatic heterocycles. The molecule has 32 heavy (non-hydrogen) atoms. The first-order valence-electron chi connectivity index (χ1n) is 10.0. The molecule has 0 atom stereocenters. The number of benzene rings is 3. The zero-order valence-electron chi connectivity index (χ0n) is 16.8. The average molecular weight is 461 g/mol. The van der Waals surface area contributed by atoms with Crippen LogP contribution in [0.25, 0.3) is 5.57 Å². The van der Waals surface area contributed by atoms with Crippen LogP contribution in [0.15, 0.2) is 83.8 Å². The largest absolute Gasteiger partial charge is 0.303 e. The summed E-state index contributed by atoms with van der Waals surface area (Å²) in [5, 5.41) is 0.186. The van der Waals surface area contributed by atoms with Crippen molar-refractivity contribution in [3.8, 4) is 0 Å². The van der Waals surface area contributed by atoms with Gasteiger partial charge >= 0.3 is 0 Å². The minimum absolute atomic E-state index is 0.168. The van der Waals surface area contributed by atoms with Crippen molar-refractivity contribution in [1.82, 2.24) is 4.90 Å². The molecular formula is C25H17ClN2O3S. The van der Waals surface area contributed by atoms with E-state index in [0.717, 1.165) is 22.9 Å². The molecule has 0 N–H and O–H groups in total. The summed E-state index contributed by atoms with van der Waals surface area (Å²) >= 11 is 7.14. The average Bonchev–Trinajstić information content (AvgIpc) is 3.23. The van der Waals surface area contributed by atoms with Gasteiger partial charge in [0.15, 0.2) is 0 Å². The van der Waals surface area contributed by atoms with Gasteiger partial charge in [0.05, 0.1) is 29.3 Å². The van der Waals surface area contributed by atoms with E-state index in [2.05, 4.69) is 0 Å². The van der Waals surface area contributed by atoms with Gasteiger partial charge in [0.25, 0.3) is 17.1 Å². The van der Waals surface area contributed by atoms with Crippen molar-refractivity contribution in [2.75, 3.05) is 4.90 Å². The number of anilines is 1. The monoisotopic (exact) mass is 460 g/mol. The first-order valence-corrected chi connectivity index (χ1v) is 11.2. The van der Waals surface area contributed by atoms with Gasteiger partial charge in [-0.3, -0.25) is 19.3 Å². The maximum absolute atomic E-state index is 13.5. The lowest BCUT2D eigenvalue weighted by molar-refractivity contribution is -0.123. The van der Waals surface area contributed by atoms with Crippen LogP contribution in [0.4, 0.5) is 10.5 Å². The minimum atomic E-state index is -0.443. The molecule has 2 heterocycles. The Morgan fingerprint density at radius 3 is 2.19 bits per heavy atom. The van der Waals surface area contributed by atoms with Crippen LogP contribution in [0.2, 0.25) is 5.02 Å². The topological polar surface area (TPSA) is 57.7 Å². The predicted molar refractivity (Wildman–Crippen MR) is 126 cm³/mol. The van der Waals surface area contributed by atoms with Crippen LogP contribution in [-0.4, -0.2) is 22.0 Å². The third-order valence-electron chi connectivity index (χ3n) is 5.47. The Labute approximate surface area is 194 Å². The normalized spacial score (nSPS) is 18.0. The summed E-state index contributed by atoms with van der Waals surface area (Å²) < 4.78 is 0. The first kappa shape index (κ1) is 20.5. The predicted octanol–water partition coefficient (Wildman–Crippen LogP) is 5.49. The summed E-state index contributed by atoms with van der Waals surface area (Å²) in [4.78, 5) is 42.4. The van der Waals surface area contributed by atoms with Crippen molar-refractivity contribution >= 4 is 51.7 Å². The lowest BCUT2D eigenvalue weighted by Gasteiger charge is -2.18. The Morgan fingerprint density at radius 1 is 0.719 bits per heavy atom. The van der Waals surface area contributed by atoms with Gasteiger partial charge in [-0.05, 0) is 35.0 Å². The van der Waals surface area contributed by atoms with Gasteiger partial charge in [-0.1, -0.05) is 78.3 Å². The van der Waals surface area contributed by atoms with Crippen molar-refractivity contribution in [3.63, 3.8) is 0 Å². The highest BCUT2D eigenvalue weighted by Crippen LogP contribution is 2.45. The molecule has 0 bridgehead atoms. The molecule has 5 nitrogen and oxygen atoms in total. The molecule has 1 fully saturated rings. The standard InChI is InChI=1S/C25H17ClN2O3S/c26-19-12-6-4-10-17(19)15-27-20-13-7-5-11-18(20)21(23(27)29)22-24(30)28(25(31)32-22)14-16-8-2-1-3-9-16/h1-13H,14-15H2/b22-21+. The Hall–Kier alpha value is -3.35. The second-order valence-corrected chi connectivity index (χ2v) is 8.82. The van der Waals surface area contributed by atoms with Crippen molar-refractivity contribution in [2.24, 2.45) is 0 Å². The summed E-state index contributed by atoms with van der Waals surface area (Å²) in [6, 6.07) is 24.0. The smallest absolute Gasteiger partial charge is 0.293 e. The van der Waals surface area contributed by atoms with Crippen molar-refractivity contribution in [3.05, 3.63) is 105 Å². The van der Waals surface area contributed by atoms with Crippen LogP contribution in [-0.2, 0) is 22.7 Å². The Kier molecular flexibility index (Phi) is 5.33. The minimum Gasteiger partial charge on any atom is -0.303 e. The number of hydrogen-bond acceptors (Lipinski definition) is 4. The molecule has 3 aromatic rings. The quantitative estimate of drug-likeness (QED) is 0.483. The van der Waals surface area contributed by atoms with Crippen molar-refractivity contribution in [1.29, 1.82) is 0 Å². The molecule has 1 saturated heterocycles. The van der Waals surface area contributed by atoms with Crippen LogP contribution in [0.1, 0.15) is 16.7 Å². The fourth-order valence-corrected chi connectivity index (χ4v) is 5.03. The number of nitrogens with zero attached hydrogens (tertiary/aromatic N) is 2. The highest BCUT2D eigenvalue weighted by atomic mass is 35.5. The number of imide groups is 1. The summed E-state index contributed by atoms with van der Waals surface area (Å²) in [5.74, 6) is -0.752. The van der Waals surface area contributed by atoms with E-state index in [1.807, 2.05) is 66.7 Å². The molecule has 3 amide bonds. The number of amides is 3. The van der Waals surface area contributed by atoms with Crippen molar-refractivity contribution < 1.29 is 14.4 Å². The third-order valence-corrected chi connectivity index (χ3v) is 6.82. The molecule has 2 aliphatic rings. The van der Waals surface area contributed by atoms with E-state index in [0.29, 0.717) is 16.3 Å². The maximum Gasteiger partial charge on any atom is 0.293 e. The van der Waals surface area contributed by atoms with Gasteiger partial charge < -0.3 is 4.90 Å². The molecule has 7 heteroatoms. The van der Waals surface area contributed by atoms with E-state index in [1.165, 1.54) is 4.90 Å². The van der Waals surface area contributed by atoms with E-state index < -0.39 is 5.91 Å². The number of carbonyl (C=O) groups excluding carboxylic acids is 3. The van der Waals surface area contributed by atoms with E-state index in [1.54, 1.807) is 17.0 Å². The Bertz CT molecular complexity index is 1290. The van der Waals surface area contributed by atoms with Gasteiger partial charge in [0.2, 0.25) is 0 Å². The highest BCUT2D eigenvalue weighted by molar-refractivity contribution is 8.18. The van der Waals surface area contributed by atoms with Gasteiger partial charge in [-0.15, -0.1) is 0 Å². The van der Waals surface area contributed by atoms with Crippen molar-refractivity contribution in [2.45, 2.75) is 13.1 Å². The molecule has 158 valence electrons. The third kappa shape index (κ3) is 3.51. The van der Waals surface area contributed by atoms with Gasteiger partial charge in [-0.2, -0.15) is 0 Å². The Balaban J connectivity index is 1.53. The molecular weight excluding hydrogens is 444 g/mol. The lowest BCUT2D eigenvalue weighted by atomic mass is 10.1. The van der Waals surface area contributed by atoms with Crippen LogP contribution in [0, 0.1) is 0 Å². The van der Waals surface area contributed by atoms with Crippen LogP contribution in [0.3, 0.4) is 0 Å². The number of halogens is 1. The highest BCUT2D eigenvalue weighted by Gasteiger charge is 2.43. The van der Waals surface area contributed by atoms with Crippen LogP contribution in [0.5, 0.6) is 0 Å².